The third kappa shape index (κ3) is 2.69. The monoisotopic (exact) mass is 349 g/mol. The van der Waals surface area contributed by atoms with Gasteiger partial charge in [-0.05, 0) is 18.2 Å². The van der Waals surface area contributed by atoms with Crippen molar-refractivity contribution in [3.63, 3.8) is 0 Å². The van der Waals surface area contributed by atoms with E-state index >= 15 is 0 Å². The van der Waals surface area contributed by atoms with Gasteiger partial charge in [0.1, 0.15) is 12.2 Å². The number of amides is 1. The average molecular weight is 350 g/mol. The number of aliphatic carboxylic acids is 1. The molecule has 1 N–H and O–H groups in total. The first-order chi connectivity index (χ1) is 10.0. The maximum atomic E-state index is 12.2. The molecule has 0 saturated heterocycles. The Morgan fingerprint density at radius 1 is 1.29 bits per heavy atom. The van der Waals surface area contributed by atoms with Crippen LogP contribution in [-0.4, -0.2) is 44.8 Å². The van der Waals surface area contributed by atoms with Crippen LogP contribution in [0.1, 0.15) is 10.5 Å². The maximum Gasteiger partial charge on any atom is 0.323 e. The van der Waals surface area contributed by atoms with Gasteiger partial charge in [-0.3, -0.25) is 14.3 Å². The van der Waals surface area contributed by atoms with Crippen LogP contribution in [0.3, 0.4) is 0 Å². The third-order valence-electron chi connectivity index (χ3n) is 3.33. The molecule has 0 bridgehead atoms. The molecular weight excluding hydrogens is 338 g/mol. The second kappa shape index (κ2) is 5.33. The molecule has 2 aromatic rings. The number of rotatable bonds is 3. The van der Waals surface area contributed by atoms with Gasteiger partial charge >= 0.3 is 5.97 Å². The number of benzene rings is 1. The first-order valence-electron chi connectivity index (χ1n) is 6.39. The average Bonchev–Trinajstić information content (AvgIpc) is 2.87. The number of hydrogen-bond acceptors (Lipinski definition) is 3. The van der Waals surface area contributed by atoms with Crippen molar-refractivity contribution >= 4 is 27.8 Å². The van der Waals surface area contributed by atoms with Crippen LogP contribution in [0.5, 0.6) is 0 Å². The van der Waals surface area contributed by atoms with Gasteiger partial charge in [0.25, 0.3) is 5.91 Å². The van der Waals surface area contributed by atoms with Crippen molar-refractivity contribution in [1.29, 1.82) is 0 Å². The van der Waals surface area contributed by atoms with Crippen LogP contribution in [0.2, 0.25) is 0 Å². The zero-order valence-electron chi connectivity index (χ0n) is 11.0. The van der Waals surface area contributed by atoms with Crippen LogP contribution >= 0.6 is 15.9 Å². The number of hydrogen-bond donors (Lipinski definition) is 1. The van der Waals surface area contributed by atoms with Crippen LogP contribution < -0.4 is 0 Å². The summed E-state index contributed by atoms with van der Waals surface area (Å²) in [5.41, 5.74) is 2.06. The molecular formula is C14H12BrN3O3. The predicted molar refractivity (Wildman–Crippen MR) is 78.9 cm³/mol. The zero-order valence-corrected chi connectivity index (χ0v) is 12.6. The van der Waals surface area contributed by atoms with Gasteiger partial charge in [-0.1, -0.05) is 28.1 Å². The number of carbonyl (C=O) groups excluding carboxylic acids is 1. The molecule has 0 unspecified atom stereocenters. The Morgan fingerprint density at radius 3 is 2.67 bits per heavy atom. The van der Waals surface area contributed by atoms with E-state index in [1.165, 1.54) is 4.90 Å². The molecule has 0 radical (unpaired) electrons. The largest absolute Gasteiger partial charge is 0.480 e. The number of nitrogens with zero attached hydrogens (tertiary/aromatic N) is 3. The lowest BCUT2D eigenvalue weighted by molar-refractivity contribution is -0.137. The van der Waals surface area contributed by atoms with E-state index in [2.05, 4.69) is 21.0 Å². The summed E-state index contributed by atoms with van der Waals surface area (Å²) in [6.07, 6.45) is 0. The van der Waals surface area contributed by atoms with Crippen molar-refractivity contribution < 1.29 is 14.7 Å². The van der Waals surface area contributed by atoms with Crippen LogP contribution in [0.15, 0.2) is 34.8 Å². The first kappa shape index (κ1) is 13.8. The summed E-state index contributed by atoms with van der Waals surface area (Å²) in [5.74, 6) is -1.30. The Kier molecular flexibility index (Phi) is 3.50. The van der Waals surface area contributed by atoms with Gasteiger partial charge in [-0.15, -0.1) is 0 Å². The molecule has 1 aliphatic heterocycles. The highest BCUT2D eigenvalue weighted by Crippen LogP contribution is 2.23. The van der Waals surface area contributed by atoms with E-state index in [0.29, 0.717) is 24.5 Å². The van der Waals surface area contributed by atoms with Crippen molar-refractivity contribution in [2.45, 2.75) is 6.54 Å². The van der Waals surface area contributed by atoms with Gasteiger partial charge in [0, 0.05) is 16.6 Å². The molecule has 1 aromatic heterocycles. The molecule has 0 spiro atoms. The topological polar surface area (TPSA) is 75.4 Å². The van der Waals surface area contributed by atoms with Gasteiger partial charge in [0.2, 0.25) is 0 Å². The number of carboxylic acid groups (broad SMARTS) is 1. The lowest BCUT2D eigenvalue weighted by atomic mass is 10.1. The normalized spacial score (nSPS) is 14.1. The molecule has 2 heterocycles. The molecule has 3 rings (SSSR count). The van der Waals surface area contributed by atoms with E-state index in [-0.39, 0.29) is 12.5 Å². The number of carboxylic acids is 1. The van der Waals surface area contributed by atoms with Crippen LogP contribution in [0.25, 0.3) is 11.3 Å². The van der Waals surface area contributed by atoms with E-state index in [1.54, 1.807) is 10.7 Å². The number of fused-ring (bicyclic) bond motifs is 1. The molecule has 21 heavy (non-hydrogen) atoms. The second-order valence-electron chi connectivity index (χ2n) is 4.77. The third-order valence-corrected chi connectivity index (χ3v) is 3.86. The lowest BCUT2D eigenvalue weighted by Gasteiger charge is -2.25. The summed E-state index contributed by atoms with van der Waals surface area (Å²) >= 11 is 3.37. The summed E-state index contributed by atoms with van der Waals surface area (Å²) in [6, 6.07) is 9.36. The Bertz CT molecular complexity index is 709. The summed E-state index contributed by atoms with van der Waals surface area (Å²) in [7, 11) is 0. The van der Waals surface area contributed by atoms with Crippen molar-refractivity contribution in [1.82, 2.24) is 14.7 Å². The number of carbonyl (C=O) groups is 2. The molecule has 0 fully saturated rings. The fourth-order valence-corrected chi connectivity index (χ4v) is 2.58. The number of halogens is 1. The molecule has 1 aliphatic rings. The van der Waals surface area contributed by atoms with E-state index in [0.717, 1.165) is 10.0 Å². The van der Waals surface area contributed by atoms with E-state index in [9.17, 15) is 9.59 Å². The molecule has 1 amide bonds. The SMILES string of the molecule is O=C(O)CN1CCn2nc(-c3ccc(Br)cc3)cc2C1=O. The van der Waals surface area contributed by atoms with Crippen LogP contribution in [-0.2, 0) is 11.3 Å². The molecule has 0 saturated carbocycles. The van der Waals surface area contributed by atoms with Crippen molar-refractivity contribution in [3.8, 4) is 11.3 Å². The Labute approximate surface area is 129 Å². The summed E-state index contributed by atoms with van der Waals surface area (Å²) in [4.78, 5) is 24.3. The fraction of sp³-hybridized carbons (Fsp3) is 0.214. The highest BCUT2D eigenvalue weighted by Gasteiger charge is 2.27. The zero-order chi connectivity index (χ0) is 15.0. The highest BCUT2D eigenvalue weighted by molar-refractivity contribution is 9.10. The minimum Gasteiger partial charge on any atom is -0.480 e. The quantitative estimate of drug-likeness (QED) is 0.917. The Balaban J connectivity index is 1.91. The second-order valence-corrected chi connectivity index (χ2v) is 5.68. The maximum absolute atomic E-state index is 12.2. The van der Waals surface area contributed by atoms with Crippen molar-refractivity contribution in [2.24, 2.45) is 0 Å². The number of aromatic nitrogens is 2. The van der Waals surface area contributed by atoms with Crippen molar-refractivity contribution in [3.05, 3.63) is 40.5 Å². The highest BCUT2D eigenvalue weighted by atomic mass is 79.9. The Morgan fingerprint density at radius 2 is 2.00 bits per heavy atom. The van der Waals surface area contributed by atoms with Crippen LogP contribution in [0.4, 0.5) is 0 Å². The lowest BCUT2D eigenvalue weighted by Crippen LogP contribution is -2.43. The molecule has 0 aliphatic carbocycles. The molecule has 7 heteroatoms. The summed E-state index contributed by atoms with van der Waals surface area (Å²) in [5, 5.41) is 13.2. The van der Waals surface area contributed by atoms with E-state index in [1.807, 2.05) is 24.3 Å². The van der Waals surface area contributed by atoms with Crippen molar-refractivity contribution in [2.75, 3.05) is 13.1 Å². The summed E-state index contributed by atoms with van der Waals surface area (Å²) in [6.45, 7) is 0.585. The van der Waals surface area contributed by atoms with Gasteiger partial charge in [0.15, 0.2) is 0 Å². The van der Waals surface area contributed by atoms with Gasteiger partial charge in [-0.2, -0.15) is 5.10 Å². The standard InChI is InChI=1S/C14H12BrN3O3/c15-10-3-1-9(2-4-10)11-7-12-14(21)17(8-13(19)20)5-6-18(12)16-11/h1-4,7H,5-6,8H2,(H,19,20). The van der Waals surface area contributed by atoms with Crippen LogP contribution in [0, 0.1) is 0 Å². The molecule has 1 aromatic carbocycles. The molecule has 6 nitrogen and oxygen atoms in total. The predicted octanol–water partition coefficient (Wildman–Crippen LogP) is 1.85. The molecule has 0 atom stereocenters. The van der Waals surface area contributed by atoms with E-state index in [4.69, 9.17) is 5.11 Å². The molecule has 108 valence electrons. The van der Waals surface area contributed by atoms with Gasteiger partial charge in [-0.25, -0.2) is 0 Å². The van der Waals surface area contributed by atoms with Gasteiger partial charge in [0.05, 0.1) is 12.2 Å². The fourth-order valence-electron chi connectivity index (χ4n) is 2.31. The Hall–Kier alpha value is -2.15. The minimum absolute atomic E-state index is 0.280. The minimum atomic E-state index is -1.01. The smallest absolute Gasteiger partial charge is 0.323 e. The first-order valence-corrected chi connectivity index (χ1v) is 7.19. The van der Waals surface area contributed by atoms with Gasteiger partial charge < -0.3 is 10.0 Å². The summed E-state index contributed by atoms with van der Waals surface area (Å²) < 4.78 is 2.61. The van der Waals surface area contributed by atoms with E-state index < -0.39 is 5.97 Å².